The summed E-state index contributed by atoms with van der Waals surface area (Å²) in [6, 6.07) is -0.595. The standard InChI is InChI=1S/C10H18N2O2S/c1-10(2,3)12-8(13)7(5-6-15-4)11-9(12)14/h7H,5-6H2,1-4H3,(H,11,14). The van der Waals surface area contributed by atoms with Crippen LogP contribution in [0.4, 0.5) is 4.79 Å². The second-order valence-corrected chi connectivity index (χ2v) is 5.61. The number of carbonyl (C=O) groups excluding carboxylic acids is 2. The Morgan fingerprint density at radius 3 is 2.40 bits per heavy atom. The summed E-state index contributed by atoms with van der Waals surface area (Å²) in [5.41, 5.74) is -0.435. The van der Waals surface area contributed by atoms with Crippen LogP contribution in [0.1, 0.15) is 27.2 Å². The molecule has 1 unspecified atom stereocenters. The fourth-order valence-corrected chi connectivity index (χ4v) is 2.07. The molecule has 4 nitrogen and oxygen atoms in total. The summed E-state index contributed by atoms with van der Waals surface area (Å²) in [6.07, 6.45) is 2.70. The van der Waals surface area contributed by atoms with E-state index in [1.54, 1.807) is 11.8 Å². The number of thioether (sulfide) groups is 1. The van der Waals surface area contributed by atoms with Gasteiger partial charge in [0.05, 0.1) is 0 Å². The van der Waals surface area contributed by atoms with Crippen LogP contribution in [0.5, 0.6) is 0 Å². The second kappa shape index (κ2) is 4.43. The first-order chi connectivity index (χ1) is 6.88. The molecule has 86 valence electrons. The number of urea groups is 1. The Morgan fingerprint density at radius 2 is 2.00 bits per heavy atom. The third-order valence-corrected chi connectivity index (χ3v) is 2.94. The molecular formula is C10H18N2O2S. The Balaban J connectivity index is 2.71. The van der Waals surface area contributed by atoms with Gasteiger partial charge in [0.25, 0.3) is 5.91 Å². The molecule has 1 atom stereocenters. The fraction of sp³-hybridized carbons (Fsp3) is 0.800. The van der Waals surface area contributed by atoms with E-state index in [9.17, 15) is 9.59 Å². The molecule has 1 saturated heterocycles. The number of hydrogen-bond donors (Lipinski definition) is 1. The lowest BCUT2D eigenvalue weighted by atomic mass is 10.1. The molecule has 0 aromatic carbocycles. The smallest absolute Gasteiger partial charge is 0.325 e. The Labute approximate surface area is 94.8 Å². The summed E-state index contributed by atoms with van der Waals surface area (Å²) in [5, 5.41) is 2.72. The molecule has 0 spiro atoms. The normalized spacial score (nSPS) is 22.1. The number of carbonyl (C=O) groups is 2. The van der Waals surface area contributed by atoms with Gasteiger partial charge in [-0.05, 0) is 39.2 Å². The largest absolute Gasteiger partial charge is 0.326 e. The summed E-state index contributed by atoms with van der Waals surface area (Å²) >= 11 is 1.68. The Morgan fingerprint density at radius 1 is 1.40 bits per heavy atom. The number of nitrogens with one attached hydrogen (secondary N) is 1. The molecule has 5 heteroatoms. The van der Waals surface area contributed by atoms with E-state index in [1.807, 2.05) is 27.0 Å². The molecule has 0 bridgehead atoms. The molecular weight excluding hydrogens is 212 g/mol. The van der Waals surface area contributed by atoms with Crippen LogP contribution in [-0.2, 0) is 4.79 Å². The van der Waals surface area contributed by atoms with Gasteiger partial charge in [0.2, 0.25) is 0 Å². The molecule has 0 saturated carbocycles. The van der Waals surface area contributed by atoms with Gasteiger partial charge in [0.15, 0.2) is 0 Å². The van der Waals surface area contributed by atoms with Gasteiger partial charge in [-0.1, -0.05) is 0 Å². The average molecular weight is 230 g/mol. The van der Waals surface area contributed by atoms with E-state index in [0.29, 0.717) is 6.42 Å². The van der Waals surface area contributed by atoms with Crippen LogP contribution in [0.3, 0.4) is 0 Å². The maximum absolute atomic E-state index is 11.9. The lowest BCUT2D eigenvalue weighted by Crippen LogP contribution is -2.46. The first-order valence-electron chi connectivity index (χ1n) is 5.01. The quantitative estimate of drug-likeness (QED) is 0.747. The molecule has 1 aliphatic rings. The predicted molar refractivity (Wildman–Crippen MR) is 61.9 cm³/mol. The van der Waals surface area contributed by atoms with Crippen LogP contribution >= 0.6 is 11.8 Å². The van der Waals surface area contributed by atoms with E-state index >= 15 is 0 Å². The summed E-state index contributed by atoms with van der Waals surface area (Å²) in [6.45, 7) is 5.59. The highest BCUT2D eigenvalue weighted by molar-refractivity contribution is 7.98. The summed E-state index contributed by atoms with van der Waals surface area (Å²) < 4.78 is 0. The van der Waals surface area contributed by atoms with Crippen LogP contribution in [0.2, 0.25) is 0 Å². The lowest BCUT2D eigenvalue weighted by Gasteiger charge is -2.28. The minimum Gasteiger partial charge on any atom is -0.326 e. The van der Waals surface area contributed by atoms with E-state index in [2.05, 4.69) is 5.32 Å². The molecule has 0 aromatic heterocycles. The van der Waals surface area contributed by atoms with Gasteiger partial charge in [-0.2, -0.15) is 11.8 Å². The SMILES string of the molecule is CSCCC1NC(=O)N(C(C)(C)C)C1=O. The van der Waals surface area contributed by atoms with Gasteiger partial charge in [-0.25, -0.2) is 4.79 Å². The molecule has 1 aliphatic heterocycles. The van der Waals surface area contributed by atoms with E-state index in [4.69, 9.17) is 0 Å². The van der Waals surface area contributed by atoms with Crippen molar-refractivity contribution in [2.24, 2.45) is 0 Å². The van der Waals surface area contributed by atoms with Crippen molar-refractivity contribution < 1.29 is 9.59 Å². The Kier molecular flexibility index (Phi) is 3.65. The molecule has 1 rings (SSSR count). The van der Waals surface area contributed by atoms with Gasteiger partial charge >= 0.3 is 6.03 Å². The molecule has 0 aliphatic carbocycles. The van der Waals surface area contributed by atoms with Gasteiger partial charge in [0, 0.05) is 5.54 Å². The van der Waals surface area contributed by atoms with Crippen LogP contribution < -0.4 is 5.32 Å². The fourth-order valence-electron chi connectivity index (χ4n) is 1.60. The zero-order valence-corrected chi connectivity index (χ0v) is 10.5. The molecule has 1 fully saturated rings. The van der Waals surface area contributed by atoms with Crippen LogP contribution in [0.25, 0.3) is 0 Å². The topological polar surface area (TPSA) is 49.4 Å². The van der Waals surface area contributed by atoms with Crippen LogP contribution in [-0.4, -0.2) is 40.4 Å². The molecule has 15 heavy (non-hydrogen) atoms. The van der Waals surface area contributed by atoms with Crippen LogP contribution in [0.15, 0.2) is 0 Å². The molecule has 1 heterocycles. The van der Waals surface area contributed by atoms with Crippen molar-refractivity contribution in [3.05, 3.63) is 0 Å². The number of imide groups is 1. The number of rotatable bonds is 3. The molecule has 3 amide bonds. The average Bonchev–Trinajstić information content (AvgIpc) is 2.36. The van der Waals surface area contributed by atoms with Crippen molar-refractivity contribution in [1.82, 2.24) is 10.2 Å². The second-order valence-electron chi connectivity index (χ2n) is 4.63. The van der Waals surface area contributed by atoms with Crippen molar-refractivity contribution in [2.45, 2.75) is 38.8 Å². The number of nitrogens with zero attached hydrogens (tertiary/aromatic N) is 1. The highest BCUT2D eigenvalue weighted by atomic mass is 32.2. The van der Waals surface area contributed by atoms with E-state index in [-0.39, 0.29) is 18.0 Å². The van der Waals surface area contributed by atoms with E-state index in [0.717, 1.165) is 5.75 Å². The van der Waals surface area contributed by atoms with E-state index < -0.39 is 5.54 Å². The van der Waals surface area contributed by atoms with Crippen LogP contribution in [0, 0.1) is 0 Å². The zero-order valence-electron chi connectivity index (χ0n) is 9.66. The molecule has 0 aromatic rings. The molecule has 1 N–H and O–H groups in total. The summed E-state index contributed by atoms with van der Waals surface area (Å²) in [5.74, 6) is 0.788. The lowest BCUT2D eigenvalue weighted by molar-refractivity contribution is -0.130. The minimum absolute atomic E-state index is 0.0958. The maximum atomic E-state index is 11.9. The summed E-state index contributed by atoms with van der Waals surface area (Å²) in [7, 11) is 0. The van der Waals surface area contributed by atoms with Crippen molar-refractivity contribution in [2.75, 3.05) is 12.0 Å². The highest BCUT2D eigenvalue weighted by Gasteiger charge is 2.43. The number of amides is 3. The Bertz CT molecular complexity index is 273. The van der Waals surface area contributed by atoms with E-state index in [1.165, 1.54) is 4.90 Å². The van der Waals surface area contributed by atoms with Gasteiger partial charge in [-0.3, -0.25) is 9.69 Å². The van der Waals surface area contributed by atoms with Gasteiger partial charge < -0.3 is 5.32 Å². The first-order valence-corrected chi connectivity index (χ1v) is 6.41. The number of hydrogen-bond acceptors (Lipinski definition) is 3. The van der Waals surface area contributed by atoms with Gasteiger partial charge in [-0.15, -0.1) is 0 Å². The van der Waals surface area contributed by atoms with Crippen molar-refractivity contribution >= 4 is 23.7 Å². The highest BCUT2D eigenvalue weighted by Crippen LogP contribution is 2.21. The Hall–Kier alpha value is -0.710. The monoisotopic (exact) mass is 230 g/mol. The van der Waals surface area contributed by atoms with Gasteiger partial charge in [0.1, 0.15) is 6.04 Å². The third-order valence-electron chi connectivity index (χ3n) is 2.30. The first kappa shape index (κ1) is 12.4. The summed E-state index contributed by atoms with van der Waals surface area (Å²) in [4.78, 5) is 24.8. The predicted octanol–water partition coefficient (Wildman–Crippen LogP) is 1.46. The van der Waals surface area contributed by atoms with Crippen molar-refractivity contribution in [3.8, 4) is 0 Å². The van der Waals surface area contributed by atoms with Crippen molar-refractivity contribution in [3.63, 3.8) is 0 Å². The zero-order chi connectivity index (χ0) is 11.6. The minimum atomic E-state index is -0.435. The maximum Gasteiger partial charge on any atom is 0.325 e. The molecule has 0 radical (unpaired) electrons. The third kappa shape index (κ3) is 2.65. The van der Waals surface area contributed by atoms with Crippen molar-refractivity contribution in [1.29, 1.82) is 0 Å².